The molecular formula is C13H19N. The molecule has 0 saturated carbocycles. The van der Waals surface area contributed by atoms with Gasteiger partial charge in [0, 0.05) is 0 Å². The summed E-state index contributed by atoms with van der Waals surface area (Å²) in [4.78, 5) is 0. The van der Waals surface area contributed by atoms with E-state index >= 15 is 0 Å². The van der Waals surface area contributed by atoms with Crippen molar-refractivity contribution in [1.29, 1.82) is 0 Å². The lowest BCUT2D eigenvalue weighted by Gasteiger charge is -2.07. The predicted molar refractivity (Wildman–Crippen MR) is 60.4 cm³/mol. The molecule has 1 heterocycles. The Bertz CT molecular complexity index is 249. The van der Waals surface area contributed by atoms with E-state index < -0.39 is 0 Å². The van der Waals surface area contributed by atoms with Crippen molar-refractivity contribution in [2.75, 3.05) is 13.1 Å². The summed E-state index contributed by atoms with van der Waals surface area (Å²) in [6, 6.07) is 10.8. The van der Waals surface area contributed by atoms with E-state index in [-0.39, 0.29) is 0 Å². The normalized spacial score (nSPS) is 21.3. The van der Waals surface area contributed by atoms with Crippen LogP contribution in [0.1, 0.15) is 24.8 Å². The van der Waals surface area contributed by atoms with Gasteiger partial charge in [-0.15, -0.1) is 0 Å². The first-order valence-electron chi connectivity index (χ1n) is 5.70. The Morgan fingerprint density at radius 1 is 1.21 bits per heavy atom. The molecule has 1 aliphatic rings. The van der Waals surface area contributed by atoms with E-state index in [1.165, 1.54) is 44.3 Å². The second kappa shape index (κ2) is 5.16. The average molecular weight is 189 g/mol. The second-order valence-electron chi connectivity index (χ2n) is 4.24. The number of nitrogens with one attached hydrogen (secondary N) is 1. The molecule has 1 aromatic carbocycles. The van der Waals surface area contributed by atoms with Gasteiger partial charge in [-0.05, 0) is 50.3 Å². The first kappa shape index (κ1) is 9.72. The Morgan fingerprint density at radius 2 is 2.07 bits per heavy atom. The highest BCUT2D eigenvalue weighted by Crippen LogP contribution is 2.16. The van der Waals surface area contributed by atoms with Crippen LogP contribution in [-0.2, 0) is 6.42 Å². The van der Waals surface area contributed by atoms with Gasteiger partial charge in [-0.3, -0.25) is 0 Å². The van der Waals surface area contributed by atoms with Crippen molar-refractivity contribution in [3.05, 3.63) is 35.9 Å². The molecule has 1 saturated heterocycles. The summed E-state index contributed by atoms with van der Waals surface area (Å²) >= 11 is 0. The maximum atomic E-state index is 3.42. The zero-order valence-corrected chi connectivity index (χ0v) is 8.71. The maximum absolute atomic E-state index is 3.42. The van der Waals surface area contributed by atoms with Gasteiger partial charge in [0.1, 0.15) is 0 Å². The third kappa shape index (κ3) is 2.85. The van der Waals surface area contributed by atoms with E-state index in [0.717, 1.165) is 5.92 Å². The lowest BCUT2D eigenvalue weighted by atomic mass is 9.99. The van der Waals surface area contributed by atoms with Crippen molar-refractivity contribution < 1.29 is 0 Å². The van der Waals surface area contributed by atoms with E-state index in [4.69, 9.17) is 0 Å². The SMILES string of the molecule is c1ccc(CCC[C@@H]2CCNC2)cc1. The van der Waals surface area contributed by atoms with Crippen LogP contribution < -0.4 is 5.32 Å². The Hall–Kier alpha value is -0.820. The summed E-state index contributed by atoms with van der Waals surface area (Å²) in [5, 5.41) is 3.42. The molecule has 1 heteroatoms. The van der Waals surface area contributed by atoms with Gasteiger partial charge >= 0.3 is 0 Å². The van der Waals surface area contributed by atoms with Crippen molar-refractivity contribution in [3.63, 3.8) is 0 Å². The van der Waals surface area contributed by atoms with Crippen LogP contribution in [0, 0.1) is 5.92 Å². The van der Waals surface area contributed by atoms with Gasteiger partial charge in [0.05, 0.1) is 0 Å². The second-order valence-corrected chi connectivity index (χ2v) is 4.24. The third-order valence-electron chi connectivity index (χ3n) is 3.08. The van der Waals surface area contributed by atoms with Crippen LogP contribution in [0.15, 0.2) is 30.3 Å². The van der Waals surface area contributed by atoms with Crippen molar-refractivity contribution in [3.8, 4) is 0 Å². The maximum Gasteiger partial charge on any atom is -0.00200 e. The Kier molecular flexibility index (Phi) is 3.58. The van der Waals surface area contributed by atoms with E-state index in [9.17, 15) is 0 Å². The van der Waals surface area contributed by atoms with E-state index in [1.54, 1.807) is 0 Å². The Morgan fingerprint density at radius 3 is 2.79 bits per heavy atom. The van der Waals surface area contributed by atoms with E-state index in [2.05, 4.69) is 35.6 Å². The van der Waals surface area contributed by atoms with E-state index in [0.29, 0.717) is 0 Å². The fraction of sp³-hybridized carbons (Fsp3) is 0.538. The smallest absolute Gasteiger partial charge is 0.00200 e. The molecule has 1 N–H and O–H groups in total. The molecule has 0 radical (unpaired) electrons. The number of rotatable bonds is 4. The summed E-state index contributed by atoms with van der Waals surface area (Å²) in [5.41, 5.74) is 1.48. The summed E-state index contributed by atoms with van der Waals surface area (Å²) < 4.78 is 0. The minimum Gasteiger partial charge on any atom is -0.316 e. The van der Waals surface area contributed by atoms with Crippen molar-refractivity contribution in [2.45, 2.75) is 25.7 Å². The predicted octanol–water partition coefficient (Wildman–Crippen LogP) is 2.62. The number of benzene rings is 1. The van der Waals surface area contributed by atoms with Crippen LogP contribution in [0.5, 0.6) is 0 Å². The summed E-state index contributed by atoms with van der Waals surface area (Å²) in [7, 11) is 0. The molecule has 0 unspecified atom stereocenters. The monoisotopic (exact) mass is 189 g/mol. The summed E-state index contributed by atoms with van der Waals surface area (Å²) in [5.74, 6) is 0.943. The largest absolute Gasteiger partial charge is 0.316 e. The molecule has 0 spiro atoms. The van der Waals surface area contributed by atoms with Crippen LogP contribution in [0.25, 0.3) is 0 Å². The Labute approximate surface area is 86.5 Å². The van der Waals surface area contributed by atoms with Gasteiger partial charge in [-0.25, -0.2) is 0 Å². The third-order valence-corrected chi connectivity index (χ3v) is 3.08. The fourth-order valence-electron chi connectivity index (χ4n) is 2.20. The van der Waals surface area contributed by atoms with E-state index in [1.807, 2.05) is 0 Å². The molecule has 1 fully saturated rings. The first-order chi connectivity index (χ1) is 6.95. The summed E-state index contributed by atoms with van der Waals surface area (Å²) in [6.45, 7) is 2.48. The van der Waals surface area contributed by atoms with Gasteiger partial charge in [-0.1, -0.05) is 30.3 Å². The van der Waals surface area contributed by atoms with Gasteiger partial charge in [0.2, 0.25) is 0 Å². The first-order valence-corrected chi connectivity index (χ1v) is 5.70. The highest BCUT2D eigenvalue weighted by Gasteiger charge is 2.13. The molecule has 14 heavy (non-hydrogen) atoms. The zero-order chi connectivity index (χ0) is 9.64. The molecule has 0 aromatic heterocycles. The molecular weight excluding hydrogens is 170 g/mol. The van der Waals surface area contributed by atoms with Crippen LogP contribution in [0.2, 0.25) is 0 Å². The number of hydrogen-bond donors (Lipinski definition) is 1. The standard InChI is InChI=1S/C13H19N/c1-2-5-12(6-3-1)7-4-8-13-9-10-14-11-13/h1-3,5-6,13-14H,4,7-11H2/t13-/m1/s1. The lowest BCUT2D eigenvalue weighted by Crippen LogP contribution is -2.08. The molecule has 0 amide bonds. The topological polar surface area (TPSA) is 12.0 Å². The molecule has 0 bridgehead atoms. The van der Waals surface area contributed by atoms with Gasteiger partial charge in [0.25, 0.3) is 0 Å². The van der Waals surface area contributed by atoms with Crippen LogP contribution in [0.4, 0.5) is 0 Å². The Balaban J connectivity index is 1.67. The van der Waals surface area contributed by atoms with Gasteiger partial charge in [0.15, 0.2) is 0 Å². The molecule has 0 aliphatic carbocycles. The van der Waals surface area contributed by atoms with Crippen molar-refractivity contribution >= 4 is 0 Å². The minimum atomic E-state index is 0.943. The van der Waals surface area contributed by atoms with Crippen molar-refractivity contribution in [2.24, 2.45) is 5.92 Å². The highest BCUT2D eigenvalue weighted by molar-refractivity contribution is 5.14. The highest BCUT2D eigenvalue weighted by atomic mass is 14.9. The molecule has 1 nitrogen and oxygen atoms in total. The van der Waals surface area contributed by atoms with Gasteiger partial charge in [-0.2, -0.15) is 0 Å². The fourth-order valence-corrected chi connectivity index (χ4v) is 2.20. The average Bonchev–Trinajstić information content (AvgIpc) is 2.72. The van der Waals surface area contributed by atoms with Crippen molar-refractivity contribution in [1.82, 2.24) is 5.32 Å². The molecule has 1 aromatic rings. The number of aryl methyl sites for hydroxylation is 1. The van der Waals surface area contributed by atoms with Crippen LogP contribution in [0.3, 0.4) is 0 Å². The molecule has 76 valence electrons. The van der Waals surface area contributed by atoms with Gasteiger partial charge < -0.3 is 5.32 Å². The quantitative estimate of drug-likeness (QED) is 0.767. The zero-order valence-electron chi connectivity index (χ0n) is 8.71. The van der Waals surface area contributed by atoms with Crippen LogP contribution in [-0.4, -0.2) is 13.1 Å². The minimum absolute atomic E-state index is 0.943. The summed E-state index contributed by atoms with van der Waals surface area (Å²) in [6.07, 6.45) is 5.37. The van der Waals surface area contributed by atoms with Crippen LogP contribution >= 0.6 is 0 Å². The molecule has 1 atom stereocenters. The number of hydrogen-bond acceptors (Lipinski definition) is 1. The lowest BCUT2D eigenvalue weighted by molar-refractivity contribution is 0.510. The molecule has 2 rings (SSSR count). The molecule has 1 aliphatic heterocycles.